The van der Waals surface area contributed by atoms with Crippen molar-refractivity contribution in [3.8, 4) is 17.2 Å². The summed E-state index contributed by atoms with van der Waals surface area (Å²) in [6.45, 7) is 25.9. The number of likely N-dealkylation sites (tertiary alicyclic amines) is 4. The standard InChI is InChI=1S/C34H42ClN7O5S.C33H40ClN7O5S.C29H34ClN7O5S/c1-20(2)47-29-14-22-19-42(24-10-12-41(13-11-24)32(43)23-17-40(5)18-23)33(44)25(22)15-28(29)38-34-36-16-26(35)31(39-34)37-27-8-6-7-9-30(27)48(45,46)21(3)4;1-19(2)46-28-13-21-18-41(23-9-11-40(12-10-23)31(42)22-15-35-16-22)32(43)24(21)14-27(28)38-33-36-17-25(34)30(39-33)37-26-7-5-6-8-29(26)47(44,45)20(3)4;1-17(2)43(40,41)25-9-7-6-8-22(25)32-27-21(30)12-31-29(34-27)33-23-11-20-18(10-24(23)42-5)13-37(28(20)39)19-14-36(15-19)26(38)16-35(3)4/h6-9,14-16,20-21,23-24H,10-13,17-19H2,1-5H3,(H2,36,37,38,39);5-8,13-14,17,19-20,22-23,35H,9-12,15-16,18H2,1-4H3,(H2,36,37,38,39);6-12,17,19H,13-16H2,1-5H3,(H2,31,32,33,34). The highest BCUT2D eigenvalue weighted by molar-refractivity contribution is 7.92. The van der Waals surface area contributed by atoms with Gasteiger partial charge in [-0.25, -0.2) is 40.2 Å². The molecule has 0 atom stereocenters. The van der Waals surface area contributed by atoms with Gasteiger partial charge in [-0.05, 0) is 206 Å². The summed E-state index contributed by atoms with van der Waals surface area (Å²) in [5, 5.41) is 20.6. The van der Waals surface area contributed by atoms with Gasteiger partial charge in [-0.3, -0.25) is 28.8 Å². The van der Waals surface area contributed by atoms with Crippen LogP contribution in [0.2, 0.25) is 15.1 Å². The molecule has 8 aliphatic heterocycles. The number of piperidine rings is 2. The lowest BCUT2D eigenvalue weighted by Gasteiger charge is -2.44. The van der Waals surface area contributed by atoms with Crippen molar-refractivity contribution in [2.45, 2.75) is 175 Å². The number of rotatable bonds is 30. The highest BCUT2D eigenvalue weighted by atomic mass is 35.5. The van der Waals surface area contributed by atoms with E-state index >= 15 is 0 Å². The Hall–Kier alpha value is -11.8. The number of nitrogens with zero attached hydrogens (tertiary/aromatic N) is 14. The average molecular weight is 2010 g/mol. The minimum absolute atomic E-state index is 0.0412. The number of halogens is 3. The summed E-state index contributed by atoms with van der Waals surface area (Å²) in [6.07, 6.45) is 6.90. The quantitative estimate of drug-likeness (QED) is 0.0220. The molecule has 36 nitrogen and oxygen atoms in total. The molecule has 0 radical (unpaired) electrons. The first kappa shape index (κ1) is 101. The minimum Gasteiger partial charge on any atom is -0.495 e. The van der Waals surface area contributed by atoms with Crippen LogP contribution in [0.15, 0.2) is 142 Å². The van der Waals surface area contributed by atoms with E-state index in [1.165, 1.54) is 31.8 Å². The minimum atomic E-state index is -3.59. The van der Waals surface area contributed by atoms with Crippen molar-refractivity contribution < 1.29 is 68.2 Å². The highest BCUT2D eigenvalue weighted by Gasteiger charge is 2.45. The van der Waals surface area contributed by atoms with E-state index in [0.29, 0.717) is 134 Å². The van der Waals surface area contributed by atoms with Gasteiger partial charge in [0.15, 0.2) is 47.0 Å². The Kier molecular flexibility index (Phi) is 30.7. The molecule has 5 saturated heterocycles. The van der Waals surface area contributed by atoms with Gasteiger partial charge in [-0.15, -0.1) is 0 Å². The summed E-state index contributed by atoms with van der Waals surface area (Å²) in [5.41, 5.74) is 6.77. The Labute approximate surface area is 819 Å². The van der Waals surface area contributed by atoms with Crippen molar-refractivity contribution >= 4 is 169 Å². The number of para-hydroxylation sites is 3. The lowest BCUT2D eigenvalue weighted by atomic mass is 9.96. The van der Waals surface area contributed by atoms with Gasteiger partial charge in [-0.2, -0.15) is 15.0 Å². The molecule has 6 amide bonds. The summed E-state index contributed by atoms with van der Waals surface area (Å²) in [7, 11) is -3.50. The van der Waals surface area contributed by atoms with Crippen LogP contribution < -0.4 is 51.4 Å². The lowest BCUT2D eigenvalue weighted by Crippen LogP contribution is -2.62. The number of carbonyl (C=O) groups excluding carboxylic acids is 6. The fourth-order valence-electron chi connectivity index (χ4n) is 17.5. The molecule has 9 aromatic rings. The zero-order valence-corrected chi connectivity index (χ0v) is 84.1. The number of aromatic nitrogens is 6. The van der Waals surface area contributed by atoms with Gasteiger partial charge in [0.25, 0.3) is 17.7 Å². The van der Waals surface area contributed by atoms with Crippen molar-refractivity contribution in [3.63, 3.8) is 0 Å². The van der Waals surface area contributed by atoms with E-state index in [1.807, 2.05) is 91.5 Å². The number of methoxy groups -OCH3 is 1. The molecule has 17 rings (SSSR count). The number of anilines is 12. The van der Waals surface area contributed by atoms with Gasteiger partial charge in [0, 0.05) is 114 Å². The van der Waals surface area contributed by atoms with Crippen LogP contribution in [-0.4, -0.2) is 276 Å². The van der Waals surface area contributed by atoms with Gasteiger partial charge in [-0.1, -0.05) is 71.2 Å². The summed E-state index contributed by atoms with van der Waals surface area (Å²) < 4.78 is 95.8. The summed E-state index contributed by atoms with van der Waals surface area (Å²) in [5.74, 6) is 3.11. The average Bonchev–Trinajstić information content (AvgIpc) is 1.62. The normalized spacial score (nSPS) is 16.7. The molecule has 138 heavy (non-hydrogen) atoms. The van der Waals surface area contributed by atoms with Crippen molar-refractivity contribution in [3.05, 3.63) is 176 Å². The predicted molar refractivity (Wildman–Crippen MR) is 530 cm³/mol. The van der Waals surface area contributed by atoms with Crippen LogP contribution in [0.1, 0.15) is 143 Å². The largest absolute Gasteiger partial charge is 0.495 e. The fraction of sp³-hybridized carbons (Fsp3) is 0.438. The summed E-state index contributed by atoms with van der Waals surface area (Å²) in [6, 6.07) is 30.6. The molecule has 0 bridgehead atoms. The number of nitrogens with one attached hydrogen (secondary N) is 7. The Morgan fingerprint density at radius 2 is 0.768 bits per heavy atom. The van der Waals surface area contributed by atoms with Gasteiger partial charge in [0.1, 0.15) is 32.3 Å². The van der Waals surface area contributed by atoms with Crippen LogP contribution in [0.3, 0.4) is 0 Å². The van der Waals surface area contributed by atoms with Crippen LogP contribution in [0.5, 0.6) is 17.2 Å². The van der Waals surface area contributed by atoms with Crippen LogP contribution in [0.4, 0.5) is 69.4 Å². The molecule has 8 aliphatic rings. The number of hydrogen-bond acceptors (Lipinski definition) is 30. The molecule has 0 spiro atoms. The smallest absolute Gasteiger partial charge is 0.254 e. The molecule has 0 aliphatic carbocycles. The van der Waals surface area contributed by atoms with E-state index in [9.17, 15) is 54.0 Å². The topological polar surface area (TPSA) is 420 Å². The van der Waals surface area contributed by atoms with E-state index < -0.39 is 45.3 Å². The number of carbonyl (C=O) groups is 6. The second-order valence-electron chi connectivity index (χ2n) is 37.1. The SMILES string of the molecule is CC(C)Oc1cc2c(cc1Nc1ncc(Cl)c(Nc3ccccc3S(=O)(=O)C(C)C)n1)C(=O)N(C1CCN(C(=O)C3CN(C)C3)CC1)C2.CC(C)Oc1cc2c(cc1Nc1ncc(Cl)c(Nc3ccccc3S(=O)(=O)C(C)C)n1)C(=O)N(C1CCN(C(=O)C3CNC3)CC1)C2.COc1cc2c(cc1Nc1ncc(Cl)c(Nc3ccccc3S(=O)(=O)C(C)C)n1)C(=O)N(C1CN(C(=O)CN(C)C)C1)C2. The molecule has 42 heteroatoms. The lowest BCUT2D eigenvalue weighted by molar-refractivity contribution is -0.142. The van der Waals surface area contributed by atoms with Crippen LogP contribution in [0.25, 0.3) is 0 Å². The zero-order valence-electron chi connectivity index (χ0n) is 79.4. The molecule has 734 valence electrons. The Morgan fingerprint density at radius 1 is 0.442 bits per heavy atom. The molecule has 0 saturated carbocycles. The number of fused-ring (bicyclic) bond motifs is 3. The maximum Gasteiger partial charge on any atom is 0.254 e. The number of hydrogen-bond donors (Lipinski definition) is 7. The van der Waals surface area contributed by atoms with E-state index in [-0.39, 0.29) is 143 Å². The second-order valence-corrected chi connectivity index (χ2v) is 45.8. The number of ether oxygens (including phenoxy) is 3. The molecule has 0 unspecified atom stereocenters. The van der Waals surface area contributed by atoms with Gasteiger partial charge >= 0.3 is 0 Å². The maximum atomic E-state index is 13.8. The molecule has 7 N–H and O–H groups in total. The number of amides is 6. The Balaban J connectivity index is 0.000000157. The second kappa shape index (κ2) is 42.1. The Bertz CT molecular complexity index is 6510. The molecule has 5 fully saturated rings. The molecule has 11 heterocycles. The van der Waals surface area contributed by atoms with Crippen LogP contribution in [-0.2, 0) is 63.5 Å². The van der Waals surface area contributed by atoms with E-state index in [2.05, 4.69) is 72.0 Å². The predicted octanol–water partition coefficient (Wildman–Crippen LogP) is 13.4. The van der Waals surface area contributed by atoms with E-state index in [1.54, 1.807) is 136 Å². The third-order valence-corrected chi connectivity index (χ3v) is 32.8. The first-order valence-corrected chi connectivity index (χ1v) is 51.8. The van der Waals surface area contributed by atoms with Crippen molar-refractivity contribution in [2.24, 2.45) is 11.8 Å². The van der Waals surface area contributed by atoms with Gasteiger partial charge in [0.2, 0.25) is 35.6 Å². The van der Waals surface area contributed by atoms with Gasteiger partial charge < -0.3 is 90.6 Å². The third-order valence-electron chi connectivity index (χ3n) is 25.3. The zero-order chi connectivity index (χ0) is 98.8. The van der Waals surface area contributed by atoms with E-state index in [0.717, 1.165) is 68.6 Å². The molecular formula is C96H116Cl3N21O15S3. The number of likely N-dealkylation sites (N-methyl/N-ethyl adjacent to an activating group) is 1. The van der Waals surface area contributed by atoms with Gasteiger partial charge in [0.05, 0.1) is 127 Å². The molecule has 6 aromatic carbocycles. The Morgan fingerprint density at radius 3 is 1.08 bits per heavy atom. The van der Waals surface area contributed by atoms with Crippen LogP contribution >= 0.6 is 34.8 Å². The monoisotopic (exact) mass is 2000 g/mol. The maximum absolute atomic E-state index is 13.8. The van der Waals surface area contributed by atoms with E-state index in [4.69, 9.17) is 49.0 Å². The summed E-state index contributed by atoms with van der Waals surface area (Å²) in [4.78, 5) is 121. The van der Waals surface area contributed by atoms with Crippen LogP contribution in [0, 0.1) is 11.8 Å². The molecule has 3 aromatic heterocycles. The highest BCUT2D eigenvalue weighted by Crippen LogP contribution is 2.44. The summed E-state index contributed by atoms with van der Waals surface area (Å²) >= 11 is 19.3. The van der Waals surface area contributed by atoms with Crippen molar-refractivity contribution in [1.82, 2.24) is 74.4 Å². The first-order chi connectivity index (χ1) is 65.6. The number of sulfone groups is 3. The first-order valence-electron chi connectivity index (χ1n) is 46.0. The molecular weight excluding hydrogens is 1890 g/mol. The third kappa shape index (κ3) is 22.1. The number of benzene rings is 6. The van der Waals surface area contributed by atoms with Crippen molar-refractivity contribution in [1.29, 1.82) is 0 Å². The van der Waals surface area contributed by atoms with Crippen molar-refractivity contribution in [2.75, 3.05) is 132 Å². The fourth-order valence-corrected chi connectivity index (χ4v) is 21.5.